The summed E-state index contributed by atoms with van der Waals surface area (Å²) >= 11 is 0. The highest BCUT2D eigenvalue weighted by Gasteiger charge is 2.11. The molecule has 0 aliphatic heterocycles. The Morgan fingerprint density at radius 3 is 2.74 bits per heavy atom. The Balaban J connectivity index is 2.14. The van der Waals surface area contributed by atoms with Crippen LogP contribution < -0.4 is 10.5 Å². The third-order valence-corrected chi connectivity index (χ3v) is 3.10. The number of rotatable bonds is 2. The minimum Gasteiger partial charge on any atom is -0.495 e. The lowest BCUT2D eigenvalue weighted by Crippen LogP contribution is -1.92. The Bertz CT molecular complexity index is 747. The maximum atomic E-state index is 5.90. The van der Waals surface area contributed by atoms with E-state index < -0.39 is 0 Å². The van der Waals surface area contributed by atoms with Crippen LogP contribution in [-0.4, -0.2) is 12.1 Å². The molecule has 0 unspecified atom stereocenters. The van der Waals surface area contributed by atoms with E-state index in [2.05, 4.69) is 4.98 Å². The summed E-state index contributed by atoms with van der Waals surface area (Å²) in [5.74, 6) is 1.22. The summed E-state index contributed by atoms with van der Waals surface area (Å²) < 4.78 is 10.9. The van der Waals surface area contributed by atoms with Crippen molar-refractivity contribution >= 4 is 16.8 Å². The Morgan fingerprint density at radius 1 is 1.21 bits per heavy atom. The van der Waals surface area contributed by atoms with E-state index in [1.54, 1.807) is 13.2 Å². The van der Waals surface area contributed by atoms with E-state index in [9.17, 15) is 0 Å². The van der Waals surface area contributed by atoms with Gasteiger partial charge in [0.2, 0.25) is 5.89 Å². The van der Waals surface area contributed by atoms with Gasteiger partial charge in [0.05, 0.1) is 12.8 Å². The fraction of sp³-hybridized carbons (Fsp3) is 0.133. The number of ether oxygens (including phenoxy) is 1. The summed E-state index contributed by atoms with van der Waals surface area (Å²) in [4.78, 5) is 4.52. The van der Waals surface area contributed by atoms with Crippen molar-refractivity contribution in [3.63, 3.8) is 0 Å². The molecule has 3 rings (SSSR count). The lowest BCUT2D eigenvalue weighted by atomic mass is 10.2. The number of fused-ring (bicyclic) bond motifs is 1. The maximum Gasteiger partial charge on any atom is 0.227 e. The number of para-hydroxylation sites is 1. The van der Waals surface area contributed by atoms with Gasteiger partial charge >= 0.3 is 0 Å². The molecule has 1 heterocycles. The first-order valence-electron chi connectivity index (χ1n) is 5.99. The number of aromatic nitrogens is 1. The van der Waals surface area contributed by atoms with Crippen LogP contribution >= 0.6 is 0 Å². The SMILES string of the molecule is COc1ccc(-c2nc3c(C)cccc3o2)cc1N. The second kappa shape index (κ2) is 4.31. The zero-order valence-corrected chi connectivity index (χ0v) is 10.8. The van der Waals surface area contributed by atoms with E-state index in [4.69, 9.17) is 14.9 Å². The lowest BCUT2D eigenvalue weighted by Gasteiger charge is -2.04. The molecule has 0 atom stereocenters. The number of nitrogen functional groups attached to an aromatic ring is 1. The molecule has 2 aromatic carbocycles. The molecule has 4 nitrogen and oxygen atoms in total. The first-order chi connectivity index (χ1) is 9.19. The number of nitrogens with zero attached hydrogens (tertiary/aromatic N) is 1. The van der Waals surface area contributed by atoms with Gasteiger partial charge in [-0.25, -0.2) is 4.98 Å². The lowest BCUT2D eigenvalue weighted by molar-refractivity contribution is 0.417. The van der Waals surface area contributed by atoms with Crippen LogP contribution in [0.15, 0.2) is 40.8 Å². The molecule has 0 amide bonds. The highest BCUT2D eigenvalue weighted by atomic mass is 16.5. The number of hydrogen-bond acceptors (Lipinski definition) is 4. The molecule has 0 aliphatic carbocycles. The van der Waals surface area contributed by atoms with E-state index in [0.717, 1.165) is 22.2 Å². The van der Waals surface area contributed by atoms with E-state index in [1.807, 2.05) is 37.3 Å². The van der Waals surface area contributed by atoms with Crippen molar-refractivity contribution < 1.29 is 9.15 Å². The number of anilines is 1. The van der Waals surface area contributed by atoms with E-state index in [-0.39, 0.29) is 0 Å². The first kappa shape index (κ1) is 11.6. The largest absolute Gasteiger partial charge is 0.495 e. The van der Waals surface area contributed by atoms with Gasteiger partial charge in [0.25, 0.3) is 0 Å². The predicted molar refractivity (Wildman–Crippen MR) is 75.1 cm³/mol. The third-order valence-electron chi connectivity index (χ3n) is 3.10. The smallest absolute Gasteiger partial charge is 0.227 e. The van der Waals surface area contributed by atoms with Gasteiger partial charge in [-0.1, -0.05) is 12.1 Å². The van der Waals surface area contributed by atoms with Gasteiger partial charge in [0.1, 0.15) is 11.3 Å². The number of oxazole rings is 1. The summed E-state index contributed by atoms with van der Waals surface area (Å²) in [5, 5.41) is 0. The van der Waals surface area contributed by atoms with Crippen molar-refractivity contribution in [1.29, 1.82) is 0 Å². The second-order valence-corrected chi connectivity index (χ2v) is 4.40. The quantitative estimate of drug-likeness (QED) is 0.712. The van der Waals surface area contributed by atoms with Gasteiger partial charge < -0.3 is 14.9 Å². The average molecular weight is 254 g/mol. The van der Waals surface area contributed by atoms with Crippen LogP contribution in [0.5, 0.6) is 5.75 Å². The van der Waals surface area contributed by atoms with Crippen LogP contribution in [0, 0.1) is 6.92 Å². The van der Waals surface area contributed by atoms with Gasteiger partial charge in [-0.3, -0.25) is 0 Å². The molecule has 3 aromatic rings. The monoisotopic (exact) mass is 254 g/mol. The van der Waals surface area contributed by atoms with Crippen molar-refractivity contribution in [2.45, 2.75) is 6.92 Å². The van der Waals surface area contributed by atoms with Gasteiger partial charge in [-0.2, -0.15) is 0 Å². The molecule has 0 aliphatic rings. The van der Waals surface area contributed by atoms with Crippen molar-refractivity contribution in [3.8, 4) is 17.2 Å². The average Bonchev–Trinajstić information content (AvgIpc) is 2.84. The molecular weight excluding hydrogens is 240 g/mol. The minimum atomic E-state index is 0.568. The van der Waals surface area contributed by atoms with Crippen molar-refractivity contribution in [1.82, 2.24) is 4.98 Å². The number of aryl methyl sites for hydroxylation is 1. The van der Waals surface area contributed by atoms with E-state index in [0.29, 0.717) is 17.3 Å². The van der Waals surface area contributed by atoms with Crippen LogP contribution in [-0.2, 0) is 0 Å². The summed E-state index contributed by atoms with van der Waals surface area (Å²) in [7, 11) is 1.59. The topological polar surface area (TPSA) is 61.3 Å². The van der Waals surface area contributed by atoms with Crippen LogP contribution in [0.25, 0.3) is 22.6 Å². The van der Waals surface area contributed by atoms with E-state index in [1.165, 1.54) is 0 Å². The molecule has 0 bridgehead atoms. The molecule has 2 N–H and O–H groups in total. The molecule has 96 valence electrons. The Labute approximate surface area is 110 Å². The van der Waals surface area contributed by atoms with Gasteiger partial charge in [0.15, 0.2) is 5.58 Å². The van der Waals surface area contributed by atoms with Crippen molar-refractivity contribution in [2.24, 2.45) is 0 Å². The summed E-state index contributed by atoms with van der Waals surface area (Å²) in [6.45, 7) is 2.01. The molecule has 0 fully saturated rings. The maximum absolute atomic E-state index is 5.90. The first-order valence-corrected chi connectivity index (χ1v) is 5.99. The highest BCUT2D eigenvalue weighted by molar-refractivity contribution is 5.80. The minimum absolute atomic E-state index is 0.568. The fourth-order valence-electron chi connectivity index (χ4n) is 2.08. The number of hydrogen-bond donors (Lipinski definition) is 1. The Kier molecular flexibility index (Phi) is 2.63. The Morgan fingerprint density at radius 2 is 2.05 bits per heavy atom. The third kappa shape index (κ3) is 1.91. The number of methoxy groups -OCH3 is 1. The summed E-state index contributed by atoms with van der Waals surface area (Å²) in [5.41, 5.74) is 10.1. The fourth-order valence-corrected chi connectivity index (χ4v) is 2.08. The van der Waals surface area contributed by atoms with Gasteiger partial charge in [-0.05, 0) is 36.8 Å². The summed E-state index contributed by atoms with van der Waals surface area (Å²) in [6.07, 6.45) is 0. The molecule has 19 heavy (non-hydrogen) atoms. The molecule has 1 aromatic heterocycles. The summed E-state index contributed by atoms with van der Waals surface area (Å²) in [6, 6.07) is 11.4. The van der Waals surface area contributed by atoms with Gasteiger partial charge in [-0.15, -0.1) is 0 Å². The standard InChI is InChI=1S/C15H14N2O2/c1-9-4-3-5-13-14(9)17-15(19-13)10-6-7-12(18-2)11(16)8-10/h3-8H,16H2,1-2H3. The predicted octanol–water partition coefficient (Wildman–Crippen LogP) is 3.39. The molecule has 0 radical (unpaired) electrons. The van der Waals surface area contributed by atoms with Crippen molar-refractivity contribution in [2.75, 3.05) is 12.8 Å². The normalized spacial score (nSPS) is 10.8. The van der Waals surface area contributed by atoms with Crippen molar-refractivity contribution in [3.05, 3.63) is 42.0 Å². The molecule has 4 heteroatoms. The highest BCUT2D eigenvalue weighted by Crippen LogP contribution is 2.30. The van der Waals surface area contributed by atoms with Crippen LogP contribution in [0.1, 0.15) is 5.56 Å². The van der Waals surface area contributed by atoms with Crippen LogP contribution in [0.3, 0.4) is 0 Å². The zero-order valence-electron chi connectivity index (χ0n) is 10.8. The number of nitrogens with two attached hydrogens (primary N) is 1. The molecular formula is C15H14N2O2. The molecule has 0 spiro atoms. The van der Waals surface area contributed by atoms with Gasteiger partial charge in [0, 0.05) is 5.56 Å². The number of benzene rings is 2. The second-order valence-electron chi connectivity index (χ2n) is 4.40. The van der Waals surface area contributed by atoms with E-state index >= 15 is 0 Å². The molecule has 0 saturated heterocycles. The Hall–Kier alpha value is -2.49. The zero-order chi connectivity index (χ0) is 13.4. The van der Waals surface area contributed by atoms with Crippen LogP contribution in [0.4, 0.5) is 5.69 Å². The van der Waals surface area contributed by atoms with Crippen LogP contribution in [0.2, 0.25) is 0 Å². The molecule has 0 saturated carbocycles.